The van der Waals surface area contributed by atoms with E-state index in [0.29, 0.717) is 23.9 Å². The van der Waals surface area contributed by atoms with Gasteiger partial charge < -0.3 is 20.1 Å². The lowest BCUT2D eigenvalue weighted by molar-refractivity contribution is 0.0931. The van der Waals surface area contributed by atoms with E-state index in [2.05, 4.69) is 34.9 Å². The minimum absolute atomic E-state index is 0.0433. The molecule has 0 bridgehead atoms. The highest BCUT2D eigenvalue weighted by Crippen LogP contribution is 2.39. The van der Waals surface area contributed by atoms with Crippen molar-refractivity contribution in [1.29, 1.82) is 0 Å². The monoisotopic (exact) mass is 396 g/mol. The number of nitrogens with one attached hydrogen (secondary N) is 2. The fraction of sp³-hybridized carbons (Fsp3) is 0.458. The molecular weight excluding hydrogens is 364 g/mol. The molecule has 1 fully saturated rings. The van der Waals surface area contributed by atoms with Crippen molar-refractivity contribution in [3.63, 3.8) is 0 Å². The molecule has 0 radical (unpaired) electrons. The first-order valence-corrected chi connectivity index (χ1v) is 10.4. The van der Waals surface area contributed by atoms with Crippen molar-refractivity contribution in [2.45, 2.75) is 37.1 Å². The molecule has 2 aromatic carbocycles. The van der Waals surface area contributed by atoms with Crippen molar-refractivity contribution < 1.29 is 14.3 Å². The van der Waals surface area contributed by atoms with Crippen molar-refractivity contribution in [2.24, 2.45) is 0 Å². The highest BCUT2D eigenvalue weighted by Gasteiger charge is 2.37. The zero-order valence-corrected chi connectivity index (χ0v) is 17.4. The van der Waals surface area contributed by atoms with Gasteiger partial charge in [-0.25, -0.2) is 0 Å². The maximum atomic E-state index is 12.9. The summed E-state index contributed by atoms with van der Waals surface area (Å²) in [6.45, 7) is 2.23. The first-order chi connectivity index (χ1) is 14.2. The van der Waals surface area contributed by atoms with E-state index in [0.717, 1.165) is 38.8 Å². The van der Waals surface area contributed by atoms with Gasteiger partial charge in [-0.15, -0.1) is 0 Å². The number of carbonyl (C=O) groups excluding carboxylic acids is 1. The Kier molecular flexibility index (Phi) is 7.67. The third kappa shape index (κ3) is 5.37. The number of benzene rings is 2. The van der Waals surface area contributed by atoms with Crippen LogP contribution in [-0.2, 0) is 10.2 Å². The molecular formula is C24H32N2O3. The number of hydrogen-bond donors (Lipinski definition) is 2. The number of ether oxygens (including phenoxy) is 2. The summed E-state index contributed by atoms with van der Waals surface area (Å²) < 4.78 is 10.5. The van der Waals surface area contributed by atoms with Gasteiger partial charge in [-0.3, -0.25) is 4.79 Å². The number of methoxy groups -OCH3 is 2. The Morgan fingerprint density at radius 3 is 2.41 bits per heavy atom. The van der Waals surface area contributed by atoms with Gasteiger partial charge in [0.05, 0.1) is 19.3 Å². The Hall–Kier alpha value is -2.37. The van der Waals surface area contributed by atoms with Gasteiger partial charge in [0.2, 0.25) is 0 Å². The summed E-state index contributed by atoms with van der Waals surface area (Å²) in [5, 5.41) is 6.78. The second-order valence-electron chi connectivity index (χ2n) is 7.75. The second kappa shape index (κ2) is 10.4. The molecule has 29 heavy (non-hydrogen) atoms. The number of hydrogen-bond acceptors (Lipinski definition) is 4. The molecule has 0 saturated heterocycles. The molecule has 156 valence electrons. The van der Waals surface area contributed by atoms with Crippen LogP contribution in [0.5, 0.6) is 5.75 Å². The summed E-state index contributed by atoms with van der Waals surface area (Å²) >= 11 is 0. The highest BCUT2D eigenvalue weighted by molar-refractivity contribution is 5.96. The molecule has 2 aromatic rings. The van der Waals surface area contributed by atoms with Crippen molar-refractivity contribution in [1.82, 2.24) is 10.6 Å². The van der Waals surface area contributed by atoms with Crippen LogP contribution in [0.15, 0.2) is 54.6 Å². The molecule has 0 atom stereocenters. The van der Waals surface area contributed by atoms with Crippen LogP contribution < -0.4 is 15.4 Å². The van der Waals surface area contributed by atoms with E-state index in [-0.39, 0.29) is 11.3 Å². The summed E-state index contributed by atoms with van der Waals surface area (Å²) in [5.74, 6) is 0.517. The van der Waals surface area contributed by atoms with E-state index in [1.165, 1.54) is 5.56 Å². The first-order valence-electron chi connectivity index (χ1n) is 10.4. The van der Waals surface area contributed by atoms with Gasteiger partial charge in [0.25, 0.3) is 5.91 Å². The molecule has 0 aliphatic heterocycles. The third-order valence-electron chi connectivity index (χ3n) is 6.01. The largest absolute Gasteiger partial charge is 0.496 e. The Labute approximate surface area is 173 Å². The fourth-order valence-electron chi connectivity index (χ4n) is 4.28. The van der Waals surface area contributed by atoms with Gasteiger partial charge in [0, 0.05) is 31.7 Å². The van der Waals surface area contributed by atoms with Crippen molar-refractivity contribution in [3.8, 4) is 5.75 Å². The molecule has 0 unspecified atom stereocenters. The van der Waals surface area contributed by atoms with Crippen LogP contribution in [0.3, 0.4) is 0 Å². The molecule has 0 spiro atoms. The number of carbonyl (C=O) groups is 1. The zero-order chi connectivity index (χ0) is 20.5. The van der Waals surface area contributed by atoms with Gasteiger partial charge in [0.15, 0.2) is 0 Å². The summed E-state index contributed by atoms with van der Waals surface area (Å²) in [7, 11) is 3.32. The van der Waals surface area contributed by atoms with Gasteiger partial charge in [-0.1, -0.05) is 42.5 Å². The summed E-state index contributed by atoms with van der Waals surface area (Å²) in [5.41, 5.74) is 1.84. The molecule has 2 N–H and O–H groups in total. The van der Waals surface area contributed by atoms with E-state index in [1.54, 1.807) is 20.3 Å². The van der Waals surface area contributed by atoms with E-state index >= 15 is 0 Å². The van der Waals surface area contributed by atoms with Gasteiger partial charge >= 0.3 is 0 Å². The van der Waals surface area contributed by atoms with Crippen molar-refractivity contribution in [3.05, 3.63) is 65.7 Å². The Morgan fingerprint density at radius 1 is 1.03 bits per heavy atom. The molecule has 1 aliphatic carbocycles. The van der Waals surface area contributed by atoms with Gasteiger partial charge in [-0.2, -0.15) is 0 Å². The van der Waals surface area contributed by atoms with Crippen LogP contribution in [0.4, 0.5) is 0 Å². The standard InChI is InChI=1S/C24H32N2O3/c1-28-17-16-25-20-12-14-24(15-13-20,19-8-4-3-5-9-19)18-26-23(27)21-10-6-7-11-22(21)29-2/h3-11,20,25H,12-18H2,1-2H3,(H,26,27)/t20-,24-. The van der Waals surface area contributed by atoms with Crippen molar-refractivity contribution >= 4 is 5.91 Å². The molecule has 1 amide bonds. The maximum Gasteiger partial charge on any atom is 0.255 e. The summed E-state index contributed by atoms with van der Waals surface area (Å²) in [6.07, 6.45) is 4.24. The number of rotatable bonds is 9. The Balaban J connectivity index is 1.70. The number of para-hydroxylation sites is 1. The quantitative estimate of drug-likeness (QED) is 0.637. The van der Waals surface area contributed by atoms with Crippen LogP contribution in [0.25, 0.3) is 0 Å². The zero-order valence-electron chi connectivity index (χ0n) is 17.4. The Morgan fingerprint density at radius 2 is 1.72 bits per heavy atom. The van der Waals surface area contributed by atoms with Crippen LogP contribution in [0.1, 0.15) is 41.6 Å². The highest BCUT2D eigenvalue weighted by atomic mass is 16.5. The van der Waals surface area contributed by atoms with E-state index < -0.39 is 0 Å². The molecule has 1 saturated carbocycles. The predicted molar refractivity (Wildman–Crippen MR) is 116 cm³/mol. The fourth-order valence-corrected chi connectivity index (χ4v) is 4.28. The molecule has 1 aliphatic rings. The van der Waals surface area contributed by atoms with Gasteiger partial charge in [-0.05, 0) is 43.4 Å². The van der Waals surface area contributed by atoms with E-state index in [4.69, 9.17) is 9.47 Å². The van der Waals surface area contributed by atoms with Crippen molar-refractivity contribution in [2.75, 3.05) is 33.9 Å². The number of amides is 1. The summed E-state index contributed by atoms with van der Waals surface area (Å²) in [4.78, 5) is 12.9. The molecule has 5 nitrogen and oxygen atoms in total. The van der Waals surface area contributed by atoms with Gasteiger partial charge in [0.1, 0.15) is 5.75 Å². The summed E-state index contributed by atoms with van der Waals surface area (Å²) in [6, 6.07) is 18.5. The third-order valence-corrected chi connectivity index (χ3v) is 6.01. The average molecular weight is 397 g/mol. The topological polar surface area (TPSA) is 59.6 Å². The SMILES string of the molecule is COCCN[C@H]1CC[C@](CNC(=O)c2ccccc2OC)(c2ccccc2)CC1. The smallest absolute Gasteiger partial charge is 0.255 e. The lowest BCUT2D eigenvalue weighted by Gasteiger charge is -2.41. The maximum absolute atomic E-state index is 12.9. The first kappa shape index (κ1) is 21.3. The van der Waals surface area contributed by atoms with Crippen LogP contribution >= 0.6 is 0 Å². The lowest BCUT2D eigenvalue weighted by Crippen LogP contribution is -2.47. The average Bonchev–Trinajstić information content (AvgIpc) is 2.79. The molecule has 0 heterocycles. The lowest BCUT2D eigenvalue weighted by atomic mass is 9.68. The van der Waals surface area contributed by atoms with E-state index in [1.807, 2.05) is 24.3 Å². The normalized spacial score (nSPS) is 21.5. The molecule has 5 heteroatoms. The molecule has 3 rings (SSSR count). The minimum Gasteiger partial charge on any atom is -0.496 e. The van der Waals surface area contributed by atoms with E-state index in [9.17, 15) is 4.79 Å². The Bertz CT molecular complexity index is 771. The van der Waals surface area contributed by atoms with Crippen LogP contribution in [0.2, 0.25) is 0 Å². The second-order valence-corrected chi connectivity index (χ2v) is 7.75. The minimum atomic E-state index is -0.0851. The van der Waals surface area contributed by atoms with Crippen LogP contribution in [0, 0.1) is 0 Å². The predicted octanol–water partition coefficient (Wildman–Crippen LogP) is 3.54. The van der Waals surface area contributed by atoms with Crippen LogP contribution in [-0.4, -0.2) is 45.9 Å². The molecule has 0 aromatic heterocycles.